The lowest BCUT2D eigenvalue weighted by molar-refractivity contribution is -0.225. The minimum Gasteiger partial charge on any atom is -0.456 e. The van der Waals surface area contributed by atoms with Gasteiger partial charge in [-0.2, -0.15) is 0 Å². The predicted octanol–water partition coefficient (Wildman–Crippen LogP) is 1.84. The molecule has 4 atom stereocenters. The maximum absolute atomic E-state index is 12.7. The minimum atomic E-state index is -3.35. The molecule has 0 amide bonds. The summed E-state index contributed by atoms with van der Waals surface area (Å²) in [6.45, 7) is 7.34. The highest BCUT2D eigenvalue weighted by Gasteiger charge is 2.47. The van der Waals surface area contributed by atoms with E-state index in [1.54, 1.807) is 13.8 Å². The summed E-state index contributed by atoms with van der Waals surface area (Å²) in [6, 6.07) is 0. The van der Waals surface area contributed by atoms with Gasteiger partial charge in [0, 0.05) is 20.8 Å². The molecule has 1 rings (SSSR count). The lowest BCUT2D eigenvalue weighted by Gasteiger charge is -2.40. The molecule has 0 N–H and O–H groups in total. The second kappa shape index (κ2) is 11.5. The monoisotopic (exact) mass is 424 g/mol. The first-order chi connectivity index (χ1) is 13.1. The summed E-state index contributed by atoms with van der Waals surface area (Å²) in [6.07, 6.45) is -3.62. The first kappa shape index (κ1) is 24.6. The van der Waals surface area contributed by atoms with Gasteiger partial charge in [0.15, 0.2) is 18.3 Å². The SMILES string of the molecule is CCOP(=O)(CC[C@@H]1OC[C@H](OC(C)=O)[C@@H](OC(C)=O)[C@@H]1OC(C)=O)OCC. The van der Waals surface area contributed by atoms with Crippen molar-refractivity contribution in [1.29, 1.82) is 0 Å². The molecule has 1 fully saturated rings. The van der Waals surface area contributed by atoms with Gasteiger partial charge in [-0.25, -0.2) is 0 Å². The molecule has 0 aromatic carbocycles. The zero-order valence-electron chi connectivity index (χ0n) is 16.9. The molecule has 1 saturated heterocycles. The van der Waals surface area contributed by atoms with Gasteiger partial charge in [-0.1, -0.05) is 0 Å². The van der Waals surface area contributed by atoms with Crippen LogP contribution in [0.1, 0.15) is 41.0 Å². The van der Waals surface area contributed by atoms with E-state index in [4.69, 9.17) is 28.0 Å². The van der Waals surface area contributed by atoms with E-state index in [0.717, 1.165) is 0 Å². The van der Waals surface area contributed by atoms with Crippen LogP contribution >= 0.6 is 7.60 Å². The van der Waals surface area contributed by atoms with Crippen LogP contribution in [0, 0.1) is 0 Å². The van der Waals surface area contributed by atoms with Crippen LogP contribution in [-0.4, -0.2) is 68.3 Å². The summed E-state index contributed by atoms with van der Waals surface area (Å²) in [5.74, 6) is -1.85. The normalized spacial score (nSPS) is 25.0. The highest BCUT2D eigenvalue weighted by molar-refractivity contribution is 7.53. The fourth-order valence-electron chi connectivity index (χ4n) is 2.91. The Morgan fingerprint density at radius 2 is 1.39 bits per heavy atom. The number of esters is 3. The molecule has 1 heterocycles. The Bertz CT molecular complexity index is 582. The Labute approximate surface area is 164 Å². The summed E-state index contributed by atoms with van der Waals surface area (Å²) in [5.41, 5.74) is 0. The molecule has 28 heavy (non-hydrogen) atoms. The molecule has 11 heteroatoms. The van der Waals surface area contributed by atoms with Gasteiger partial charge in [-0.15, -0.1) is 0 Å². The van der Waals surface area contributed by atoms with Crippen LogP contribution in [0.4, 0.5) is 0 Å². The molecule has 0 aromatic heterocycles. The van der Waals surface area contributed by atoms with Crippen LogP contribution in [0.3, 0.4) is 0 Å². The molecular formula is C17H29O10P. The topological polar surface area (TPSA) is 124 Å². The average molecular weight is 424 g/mol. The third-order valence-electron chi connectivity index (χ3n) is 3.79. The lowest BCUT2D eigenvalue weighted by atomic mass is 9.97. The average Bonchev–Trinajstić information content (AvgIpc) is 2.56. The summed E-state index contributed by atoms with van der Waals surface area (Å²) < 4.78 is 44.6. The van der Waals surface area contributed by atoms with Gasteiger partial charge >= 0.3 is 25.5 Å². The van der Waals surface area contributed by atoms with Crippen molar-refractivity contribution in [2.24, 2.45) is 0 Å². The predicted molar refractivity (Wildman–Crippen MR) is 96.7 cm³/mol. The van der Waals surface area contributed by atoms with Gasteiger partial charge in [0.05, 0.1) is 32.1 Å². The van der Waals surface area contributed by atoms with E-state index in [1.165, 1.54) is 20.8 Å². The molecule has 1 aliphatic rings. The van der Waals surface area contributed by atoms with E-state index in [1.807, 2.05) is 0 Å². The van der Waals surface area contributed by atoms with E-state index >= 15 is 0 Å². The van der Waals surface area contributed by atoms with Crippen LogP contribution in [0.2, 0.25) is 0 Å². The largest absolute Gasteiger partial charge is 0.456 e. The van der Waals surface area contributed by atoms with Crippen LogP contribution in [0.25, 0.3) is 0 Å². The van der Waals surface area contributed by atoms with Crippen LogP contribution < -0.4 is 0 Å². The number of carbonyl (C=O) groups is 3. The summed E-state index contributed by atoms with van der Waals surface area (Å²) in [5, 5.41) is 0. The minimum absolute atomic E-state index is 0.0160. The van der Waals surface area contributed by atoms with E-state index in [-0.39, 0.29) is 32.4 Å². The number of ether oxygens (including phenoxy) is 4. The molecule has 0 radical (unpaired) electrons. The number of rotatable bonds is 10. The van der Waals surface area contributed by atoms with E-state index < -0.39 is 49.9 Å². The lowest BCUT2D eigenvalue weighted by Crippen LogP contribution is -2.57. The standard InChI is InChI=1S/C17H29O10P/c1-6-23-28(21,24-7-2)9-8-14-16(26-12(4)19)17(27-13(5)20)15(10-22-14)25-11(3)18/h14-17H,6-10H2,1-5H3/t14-,15-,16+,17+/m0/s1. The Morgan fingerprint density at radius 1 is 0.893 bits per heavy atom. The van der Waals surface area contributed by atoms with E-state index in [9.17, 15) is 18.9 Å². The van der Waals surface area contributed by atoms with E-state index in [2.05, 4.69) is 0 Å². The Kier molecular flexibility index (Phi) is 10.1. The highest BCUT2D eigenvalue weighted by atomic mass is 31.2. The van der Waals surface area contributed by atoms with Crippen molar-refractivity contribution in [2.45, 2.75) is 65.5 Å². The van der Waals surface area contributed by atoms with Crippen molar-refractivity contribution in [2.75, 3.05) is 26.0 Å². The second-order valence-corrected chi connectivity index (χ2v) is 8.31. The summed E-state index contributed by atoms with van der Waals surface area (Å²) in [4.78, 5) is 34.5. The Hall–Kier alpha value is -1.48. The molecule has 162 valence electrons. The maximum atomic E-state index is 12.7. The Balaban J connectivity index is 3.02. The van der Waals surface area contributed by atoms with Gasteiger partial charge in [-0.05, 0) is 20.3 Å². The van der Waals surface area contributed by atoms with Gasteiger partial charge in [-0.3, -0.25) is 18.9 Å². The van der Waals surface area contributed by atoms with Crippen molar-refractivity contribution in [1.82, 2.24) is 0 Å². The molecule has 10 nitrogen and oxygen atoms in total. The number of hydrogen-bond acceptors (Lipinski definition) is 10. The fraction of sp³-hybridized carbons (Fsp3) is 0.824. The van der Waals surface area contributed by atoms with Crippen LogP contribution in [0.15, 0.2) is 0 Å². The van der Waals surface area contributed by atoms with Crippen molar-refractivity contribution >= 4 is 25.5 Å². The Morgan fingerprint density at radius 3 is 1.86 bits per heavy atom. The first-order valence-corrected chi connectivity index (χ1v) is 10.9. The molecular weight excluding hydrogens is 395 g/mol. The van der Waals surface area contributed by atoms with Gasteiger partial charge in [0.2, 0.25) is 0 Å². The van der Waals surface area contributed by atoms with Crippen molar-refractivity contribution < 1.29 is 46.9 Å². The number of carbonyl (C=O) groups excluding carboxylic acids is 3. The quantitative estimate of drug-likeness (QED) is 0.291. The fourth-order valence-corrected chi connectivity index (χ4v) is 4.60. The van der Waals surface area contributed by atoms with Crippen LogP contribution in [-0.2, 0) is 46.9 Å². The zero-order chi connectivity index (χ0) is 21.3. The summed E-state index contributed by atoms with van der Waals surface area (Å²) >= 11 is 0. The third kappa shape index (κ3) is 7.87. The molecule has 0 aliphatic carbocycles. The van der Waals surface area contributed by atoms with Gasteiger partial charge in [0.25, 0.3) is 0 Å². The second-order valence-electron chi connectivity index (χ2n) is 6.13. The summed E-state index contributed by atoms with van der Waals surface area (Å²) in [7, 11) is -3.35. The maximum Gasteiger partial charge on any atom is 0.330 e. The smallest absolute Gasteiger partial charge is 0.330 e. The zero-order valence-corrected chi connectivity index (χ0v) is 17.8. The molecule has 1 aliphatic heterocycles. The molecule has 0 unspecified atom stereocenters. The third-order valence-corrected chi connectivity index (χ3v) is 5.90. The van der Waals surface area contributed by atoms with Gasteiger partial charge in [0.1, 0.15) is 0 Å². The highest BCUT2D eigenvalue weighted by Crippen LogP contribution is 2.49. The number of hydrogen-bond donors (Lipinski definition) is 0. The molecule has 0 spiro atoms. The van der Waals surface area contributed by atoms with E-state index in [0.29, 0.717) is 0 Å². The van der Waals surface area contributed by atoms with Crippen molar-refractivity contribution in [3.05, 3.63) is 0 Å². The van der Waals surface area contributed by atoms with Crippen molar-refractivity contribution in [3.8, 4) is 0 Å². The van der Waals surface area contributed by atoms with Gasteiger partial charge < -0.3 is 28.0 Å². The molecule has 0 saturated carbocycles. The first-order valence-electron chi connectivity index (χ1n) is 9.13. The van der Waals surface area contributed by atoms with Crippen molar-refractivity contribution in [3.63, 3.8) is 0 Å². The molecule has 0 bridgehead atoms. The van der Waals surface area contributed by atoms with Crippen LogP contribution in [0.5, 0.6) is 0 Å². The molecule has 0 aromatic rings.